The van der Waals surface area contributed by atoms with Gasteiger partial charge >= 0.3 is 0 Å². The molecule has 6 heteroatoms. The standard InChI is InChI=1S/C11H20N4OS/c1-3-6-15-10(12-13-11(15)17)14(7-8-16-2)9-4-5-9/h9H,3-8H2,1-2H3,(H,13,17). The van der Waals surface area contributed by atoms with Crippen LogP contribution in [0.5, 0.6) is 0 Å². The quantitative estimate of drug-likeness (QED) is 0.758. The number of H-pyrrole nitrogens is 1. The Hall–Kier alpha value is -0.880. The minimum atomic E-state index is 0.617. The Morgan fingerprint density at radius 2 is 2.35 bits per heavy atom. The van der Waals surface area contributed by atoms with Gasteiger partial charge in [0.2, 0.25) is 5.95 Å². The summed E-state index contributed by atoms with van der Waals surface area (Å²) in [7, 11) is 1.73. The van der Waals surface area contributed by atoms with Gasteiger partial charge in [0.1, 0.15) is 0 Å². The van der Waals surface area contributed by atoms with Gasteiger partial charge in [-0.1, -0.05) is 6.92 Å². The molecule has 96 valence electrons. The monoisotopic (exact) mass is 256 g/mol. The number of methoxy groups -OCH3 is 1. The second-order valence-electron chi connectivity index (χ2n) is 4.40. The molecule has 0 spiro atoms. The number of hydrogen-bond acceptors (Lipinski definition) is 4. The van der Waals surface area contributed by atoms with Crippen molar-refractivity contribution in [1.29, 1.82) is 0 Å². The molecule has 0 aliphatic heterocycles. The largest absolute Gasteiger partial charge is 0.383 e. The Morgan fingerprint density at radius 1 is 1.59 bits per heavy atom. The van der Waals surface area contributed by atoms with E-state index < -0.39 is 0 Å². The predicted molar refractivity (Wildman–Crippen MR) is 69.9 cm³/mol. The number of nitrogens with zero attached hydrogens (tertiary/aromatic N) is 3. The molecule has 1 N–H and O–H groups in total. The van der Waals surface area contributed by atoms with E-state index in [1.165, 1.54) is 12.8 Å². The third kappa shape index (κ3) is 2.87. The van der Waals surface area contributed by atoms with Crippen LogP contribution < -0.4 is 4.90 Å². The molecule has 17 heavy (non-hydrogen) atoms. The number of hydrogen-bond donors (Lipinski definition) is 1. The highest BCUT2D eigenvalue weighted by Gasteiger charge is 2.31. The highest BCUT2D eigenvalue weighted by molar-refractivity contribution is 7.71. The number of anilines is 1. The van der Waals surface area contributed by atoms with E-state index in [-0.39, 0.29) is 0 Å². The molecule has 1 fully saturated rings. The first-order valence-electron chi connectivity index (χ1n) is 6.18. The summed E-state index contributed by atoms with van der Waals surface area (Å²) in [5, 5.41) is 7.26. The van der Waals surface area contributed by atoms with Crippen molar-refractivity contribution in [1.82, 2.24) is 14.8 Å². The Balaban J connectivity index is 2.19. The number of aromatic amines is 1. The van der Waals surface area contributed by atoms with Crippen LogP contribution >= 0.6 is 12.2 Å². The Kier molecular flexibility index (Phi) is 4.17. The van der Waals surface area contributed by atoms with Crippen molar-refractivity contribution in [3.8, 4) is 0 Å². The van der Waals surface area contributed by atoms with Gasteiger partial charge in [-0.05, 0) is 31.5 Å². The second-order valence-corrected chi connectivity index (χ2v) is 4.78. The maximum Gasteiger partial charge on any atom is 0.226 e. The fraction of sp³-hybridized carbons (Fsp3) is 0.818. The lowest BCUT2D eigenvalue weighted by molar-refractivity contribution is 0.204. The van der Waals surface area contributed by atoms with E-state index in [1.54, 1.807) is 7.11 Å². The Morgan fingerprint density at radius 3 is 2.94 bits per heavy atom. The Labute approximate surface area is 107 Å². The first-order valence-corrected chi connectivity index (χ1v) is 6.59. The molecule has 0 aromatic carbocycles. The average molecular weight is 256 g/mol. The molecule has 1 aliphatic rings. The van der Waals surface area contributed by atoms with E-state index in [9.17, 15) is 0 Å². The summed E-state index contributed by atoms with van der Waals surface area (Å²) in [6.45, 7) is 4.67. The molecule has 5 nitrogen and oxygen atoms in total. The zero-order valence-electron chi connectivity index (χ0n) is 10.5. The van der Waals surface area contributed by atoms with E-state index >= 15 is 0 Å². The van der Waals surface area contributed by atoms with Gasteiger partial charge in [0.15, 0.2) is 4.77 Å². The number of aromatic nitrogens is 3. The van der Waals surface area contributed by atoms with Gasteiger partial charge in [0.05, 0.1) is 6.61 Å². The molecule has 0 amide bonds. The molecule has 1 saturated carbocycles. The predicted octanol–water partition coefficient (Wildman–Crippen LogP) is 1.97. The van der Waals surface area contributed by atoms with Gasteiger partial charge in [0, 0.05) is 26.2 Å². The average Bonchev–Trinajstić information content (AvgIpc) is 3.09. The van der Waals surface area contributed by atoms with Gasteiger partial charge < -0.3 is 9.64 Å². The summed E-state index contributed by atoms with van der Waals surface area (Å²) in [6, 6.07) is 0.617. The van der Waals surface area contributed by atoms with Crippen LogP contribution in [0.2, 0.25) is 0 Å². The first kappa shape index (κ1) is 12.6. The van der Waals surface area contributed by atoms with Gasteiger partial charge in [-0.3, -0.25) is 4.57 Å². The summed E-state index contributed by atoms with van der Waals surface area (Å²) in [5.41, 5.74) is 0. The van der Waals surface area contributed by atoms with Crippen molar-refractivity contribution in [3.05, 3.63) is 4.77 Å². The lowest BCUT2D eigenvalue weighted by atomic mass is 10.4. The van der Waals surface area contributed by atoms with E-state index in [0.717, 1.165) is 32.1 Å². The smallest absolute Gasteiger partial charge is 0.226 e. The minimum Gasteiger partial charge on any atom is -0.383 e. The van der Waals surface area contributed by atoms with E-state index in [2.05, 4.69) is 26.6 Å². The van der Waals surface area contributed by atoms with Crippen molar-refractivity contribution in [2.45, 2.75) is 38.8 Å². The molecule has 1 aliphatic carbocycles. The maximum absolute atomic E-state index is 5.26. The van der Waals surface area contributed by atoms with Crippen LogP contribution in [0.25, 0.3) is 0 Å². The zero-order chi connectivity index (χ0) is 12.3. The fourth-order valence-corrected chi connectivity index (χ4v) is 2.19. The van der Waals surface area contributed by atoms with Crippen molar-refractivity contribution in [2.24, 2.45) is 0 Å². The van der Waals surface area contributed by atoms with Crippen molar-refractivity contribution < 1.29 is 4.74 Å². The topological polar surface area (TPSA) is 46.1 Å². The van der Waals surface area contributed by atoms with Crippen LogP contribution in [0.3, 0.4) is 0 Å². The fourth-order valence-electron chi connectivity index (χ4n) is 1.98. The summed E-state index contributed by atoms with van der Waals surface area (Å²) >= 11 is 5.26. The Bertz CT molecular complexity index is 410. The van der Waals surface area contributed by atoms with Crippen LogP contribution in [0.15, 0.2) is 0 Å². The van der Waals surface area contributed by atoms with Crippen LogP contribution in [-0.2, 0) is 11.3 Å². The van der Waals surface area contributed by atoms with Gasteiger partial charge in [0.25, 0.3) is 0 Å². The highest BCUT2D eigenvalue weighted by atomic mass is 32.1. The molecule has 1 aromatic heterocycles. The summed E-state index contributed by atoms with van der Waals surface area (Å²) < 4.78 is 7.96. The van der Waals surface area contributed by atoms with Crippen molar-refractivity contribution in [3.63, 3.8) is 0 Å². The third-order valence-electron chi connectivity index (χ3n) is 2.97. The van der Waals surface area contributed by atoms with Crippen molar-refractivity contribution >= 4 is 18.2 Å². The summed E-state index contributed by atoms with van der Waals surface area (Å²) in [5.74, 6) is 0.969. The molecule has 0 saturated heterocycles. The third-order valence-corrected chi connectivity index (χ3v) is 3.28. The zero-order valence-corrected chi connectivity index (χ0v) is 11.3. The number of ether oxygens (including phenoxy) is 1. The number of rotatable bonds is 7. The lowest BCUT2D eigenvalue weighted by Gasteiger charge is -2.23. The minimum absolute atomic E-state index is 0.617. The second kappa shape index (κ2) is 5.64. The molecule has 2 rings (SSSR count). The molecular weight excluding hydrogens is 236 g/mol. The summed E-state index contributed by atoms with van der Waals surface area (Å²) in [4.78, 5) is 2.31. The van der Waals surface area contributed by atoms with Gasteiger partial charge in [-0.15, -0.1) is 5.10 Å². The van der Waals surface area contributed by atoms with Crippen LogP contribution in [0.4, 0.5) is 5.95 Å². The maximum atomic E-state index is 5.26. The molecule has 0 atom stereocenters. The highest BCUT2D eigenvalue weighted by Crippen LogP contribution is 2.30. The van der Waals surface area contributed by atoms with Gasteiger partial charge in [-0.25, -0.2) is 5.10 Å². The van der Waals surface area contributed by atoms with Crippen LogP contribution in [-0.4, -0.2) is 41.1 Å². The van der Waals surface area contributed by atoms with E-state index in [0.29, 0.717) is 10.8 Å². The molecule has 0 bridgehead atoms. The van der Waals surface area contributed by atoms with E-state index in [1.807, 2.05) is 0 Å². The van der Waals surface area contributed by atoms with Gasteiger partial charge in [-0.2, -0.15) is 0 Å². The molecule has 0 radical (unpaired) electrons. The van der Waals surface area contributed by atoms with Crippen LogP contribution in [0, 0.1) is 4.77 Å². The van der Waals surface area contributed by atoms with E-state index in [4.69, 9.17) is 17.0 Å². The molecule has 1 heterocycles. The normalized spacial score (nSPS) is 15.2. The lowest BCUT2D eigenvalue weighted by Crippen LogP contribution is -2.32. The number of nitrogens with one attached hydrogen (secondary N) is 1. The SMILES string of the molecule is CCCn1c(N(CCOC)C2CC2)n[nH]c1=S. The first-order chi connectivity index (χ1) is 8.27. The molecule has 1 aromatic rings. The van der Waals surface area contributed by atoms with Crippen LogP contribution in [0.1, 0.15) is 26.2 Å². The summed E-state index contributed by atoms with van der Waals surface area (Å²) in [6.07, 6.45) is 3.55. The van der Waals surface area contributed by atoms with Crippen molar-refractivity contribution in [2.75, 3.05) is 25.2 Å². The molecule has 0 unspecified atom stereocenters. The molecular formula is C11H20N4OS.